The fraction of sp³-hybridized carbons (Fsp3) is 0.941. The highest BCUT2D eigenvalue weighted by molar-refractivity contribution is 5.78. The minimum atomic E-state index is -0.285. The second-order valence-corrected chi connectivity index (χ2v) is 8.09. The van der Waals surface area contributed by atoms with Crippen LogP contribution in [-0.2, 0) is 4.79 Å². The Labute approximate surface area is 129 Å². The van der Waals surface area contributed by atoms with Crippen molar-refractivity contribution in [3.8, 4) is 0 Å². The van der Waals surface area contributed by atoms with Gasteiger partial charge in [-0.25, -0.2) is 0 Å². The number of aliphatic hydroxyl groups is 1. The molecule has 2 aliphatic rings. The SMILES string of the molecule is CC1CC(C)(C)CC(CO)(NCC(=O)N2CCCCC2)C1. The summed E-state index contributed by atoms with van der Waals surface area (Å²) in [7, 11) is 0. The summed E-state index contributed by atoms with van der Waals surface area (Å²) in [5.74, 6) is 0.775. The van der Waals surface area contributed by atoms with Crippen molar-refractivity contribution in [2.75, 3.05) is 26.2 Å². The monoisotopic (exact) mass is 296 g/mol. The van der Waals surface area contributed by atoms with E-state index in [1.54, 1.807) is 0 Å². The van der Waals surface area contributed by atoms with Crippen LogP contribution < -0.4 is 5.32 Å². The molecule has 0 bridgehead atoms. The summed E-state index contributed by atoms with van der Waals surface area (Å²) in [6.45, 7) is 9.06. The summed E-state index contributed by atoms with van der Waals surface area (Å²) in [5.41, 5.74) is -0.0613. The van der Waals surface area contributed by atoms with Gasteiger partial charge in [-0.3, -0.25) is 4.79 Å². The zero-order valence-electron chi connectivity index (χ0n) is 14.0. The number of nitrogens with zero attached hydrogens (tertiary/aromatic N) is 1. The molecule has 4 heteroatoms. The van der Waals surface area contributed by atoms with Crippen molar-refractivity contribution in [1.82, 2.24) is 10.2 Å². The molecule has 1 aliphatic heterocycles. The van der Waals surface area contributed by atoms with Gasteiger partial charge in [0.25, 0.3) is 0 Å². The van der Waals surface area contributed by atoms with E-state index < -0.39 is 0 Å². The normalized spacial score (nSPS) is 33.0. The highest BCUT2D eigenvalue weighted by Crippen LogP contribution is 2.43. The van der Waals surface area contributed by atoms with Crippen LogP contribution >= 0.6 is 0 Å². The molecule has 2 atom stereocenters. The first-order valence-corrected chi connectivity index (χ1v) is 8.50. The third kappa shape index (κ3) is 4.43. The van der Waals surface area contributed by atoms with Crippen LogP contribution in [0.15, 0.2) is 0 Å². The number of hydrogen-bond donors (Lipinski definition) is 2. The van der Waals surface area contributed by atoms with Gasteiger partial charge in [-0.05, 0) is 49.9 Å². The molecule has 0 aromatic heterocycles. The van der Waals surface area contributed by atoms with Gasteiger partial charge in [0.1, 0.15) is 0 Å². The lowest BCUT2D eigenvalue weighted by atomic mass is 9.64. The first kappa shape index (κ1) is 16.8. The third-order valence-corrected chi connectivity index (χ3v) is 5.08. The summed E-state index contributed by atoms with van der Waals surface area (Å²) in [6, 6.07) is 0. The Balaban J connectivity index is 1.93. The molecule has 2 fully saturated rings. The first-order chi connectivity index (χ1) is 9.86. The largest absolute Gasteiger partial charge is 0.394 e. The standard InChI is InChI=1S/C17H32N2O2/c1-14-9-16(2,3)12-17(10-14,13-20)18-11-15(21)19-7-5-4-6-8-19/h14,18,20H,4-13H2,1-3H3. The van der Waals surface area contributed by atoms with Gasteiger partial charge in [0.2, 0.25) is 5.91 Å². The average molecular weight is 296 g/mol. The van der Waals surface area contributed by atoms with Crippen molar-refractivity contribution >= 4 is 5.91 Å². The van der Waals surface area contributed by atoms with Gasteiger partial charge in [0, 0.05) is 18.6 Å². The topological polar surface area (TPSA) is 52.6 Å². The molecule has 1 saturated heterocycles. The van der Waals surface area contributed by atoms with Crippen molar-refractivity contribution in [2.45, 2.75) is 64.8 Å². The van der Waals surface area contributed by atoms with E-state index in [0.29, 0.717) is 12.5 Å². The van der Waals surface area contributed by atoms with Gasteiger partial charge in [-0.2, -0.15) is 0 Å². The highest BCUT2D eigenvalue weighted by atomic mass is 16.3. The van der Waals surface area contributed by atoms with Crippen LogP contribution in [0.3, 0.4) is 0 Å². The molecule has 1 saturated carbocycles. The van der Waals surface area contributed by atoms with Gasteiger partial charge in [0.15, 0.2) is 0 Å². The molecule has 1 aliphatic carbocycles. The fourth-order valence-electron chi connectivity index (χ4n) is 4.57. The summed E-state index contributed by atoms with van der Waals surface area (Å²) < 4.78 is 0. The third-order valence-electron chi connectivity index (χ3n) is 5.08. The Morgan fingerprint density at radius 2 is 1.90 bits per heavy atom. The number of piperidine rings is 1. The maximum Gasteiger partial charge on any atom is 0.236 e. The number of nitrogens with one attached hydrogen (secondary N) is 1. The van der Waals surface area contributed by atoms with Crippen LogP contribution in [0.2, 0.25) is 0 Å². The van der Waals surface area contributed by atoms with E-state index in [-0.39, 0.29) is 23.5 Å². The molecule has 2 unspecified atom stereocenters. The number of carbonyl (C=O) groups is 1. The molecule has 1 amide bonds. The minimum Gasteiger partial charge on any atom is -0.394 e. The van der Waals surface area contributed by atoms with Gasteiger partial charge < -0.3 is 15.3 Å². The Hall–Kier alpha value is -0.610. The molecule has 2 N–H and O–H groups in total. The Morgan fingerprint density at radius 3 is 2.48 bits per heavy atom. The van der Waals surface area contributed by atoms with E-state index in [4.69, 9.17) is 0 Å². The van der Waals surface area contributed by atoms with Crippen LogP contribution in [0.1, 0.15) is 59.3 Å². The molecule has 4 nitrogen and oxygen atoms in total. The van der Waals surface area contributed by atoms with Gasteiger partial charge in [0.05, 0.1) is 13.2 Å². The molecule has 0 aromatic rings. The lowest BCUT2D eigenvalue weighted by Crippen LogP contribution is -2.57. The van der Waals surface area contributed by atoms with Crippen LogP contribution in [0.25, 0.3) is 0 Å². The number of hydrogen-bond acceptors (Lipinski definition) is 3. The molecule has 1 heterocycles. The molecule has 122 valence electrons. The quantitative estimate of drug-likeness (QED) is 0.836. The number of carbonyl (C=O) groups excluding carboxylic acids is 1. The van der Waals surface area contributed by atoms with Crippen LogP contribution in [0.5, 0.6) is 0 Å². The van der Waals surface area contributed by atoms with E-state index in [0.717, 1.165) is 38.8 Å². The number of likely N-dealkylation sites (tertiary alicyclic amines) is 1. The lowest BCUT2D eigenvalue weighted by Gasteiger charge is -2.47. The van der Waals surface area contributed by atoms with E-state index in [9.17, 15) is 9.90 Å². The molecule has 0 spiro atoms. The Bertz CT molecular complexity index is 364. The average Bonchev–Trinajstić information content (AvgIpc) is 2.43. The van der Waals surface area contributed by atoms with Gasteiger partial charge in [-0.1, -0.05) is 20.8 Å². The van der Waals surface area contributed by atoms with Crippen LogP contribution in [0.4, 0.5) is 0 Å². The zero-order valence-corrected chi connectivity index (χ0v) is 14.0. The summed E-state index contributed by atoms with van der Waals surface area (Å²) in [4.78, 5) is 14.3. The smallest absolute Gasteiger partial charge is 0.236 e. The highest BCUT2D eigenvalue weighted by Gasteiger charge is 2.42. The predicted octanol–water partition coefficient (Wildman–Crippen LogP) is 2.17. The van der Waals surface area contributed by atoms with E-state index in [1.807, 2.05) is 4.90 Å². The number of rotatable bonds is 4. The molecule has 21 heavy (non-hydrogen) atoms. The molecular formula is C17H32N2O2. The van der Waals surface area contributed by atoms with E-state index in [1.165, 1.54) is 12.8 Å². The maximum absolute atomic E-state index is 12.3. The lowest BCUT2D eigenvalue weighted by molar-refractivity contribution is -0.132. The number of aliphatic hydroxyl groups excluding tert-OH is 1. The molecular weight excluding hydrogens is 264 g/mol. The molecule has 0 radical (unpaired) electrons. The summed E-state index contributed by atoms with van der Waals surface area (Å²) in [5, 5.41) is 13.4. The van der Waals surface area contributed by atoms with Crippen LogP contribution in [0, 0.1) is 11.3 Å². The predicted molar refractivity (Wildman–Crippen MR) is 85.0 cm³/mol. The Morgan fingerprint density at radius 1 is 1.24 bits per heavy atom. The van der Waals surface area contributed by atoms with E-state index >= 15 is 0 Å². The first-order valence-electron chi connectivity index (χ1n) is 8.50. The maximum atomic E-state index is 12.3. The number of amides is 1. The van der Waals surface area contributed by atoms with Crippen LogP contribution in [-0.4, -0.2) is 47.7 Å². The van der Waals surface area contributed by atoms with Gasteiger partial charge in [-0.15, -0.1) is 0 Å². The van der Waals surface area contributed by atoms with Crippen molar-refractivity contribution in [2.24, 2.45) is 11.3 Å². The second kappa shape index (κ2) is 6.66. The summed E-state index contributed by atoms with van der Waals surface area (Å²) in [6.07, 6.45) is 6.58. The molecule has 0 aromatic carbocycles. The summed E-state index contributed by atoms with van der Waals surface area (Å²) >= 11 is 0. The minimum absolute atomic E-state index is 0.119. The molecule has 2 rings (SSSR count). The van der Waals surface area contributed by atoms with Crippen molar-refractivity contribution in [3.63, 3.8) is 0 Å². The fourth-order valence-corrected chi connectivity index (χ4v) is 4.57. The van der Waals surface area contributed by atoms with Gasteiger partial charge >= 0.3 is 0 Å². The zero-order chi connectivity index (χ0) is 15.5. The second-order valence-electron chi connectivity index (χ2n) is 8.09. The van der Waals surface area contributed by atoms with E-state index in [2.05, 4.69) is 26.1 Å². The van der Waals surface area contributed by atoms with Crippen molar-refractivity contribution in [1.29, 1.82) is 0 Å². The van der Waals surface area contributed by atoms with Crippen molar-refractivity contribution < 1.29 is 9.90 Å². The Kier molecular flexibility index (Phi) is 5.31. The van der Waals surface area contributed by atoms with Crippen molar-refractivity contribution in [3.05, 3.63) is 0 Å².